The highest BCUT2D eigenvalue weighted by atomic mass is 19.1. The highest BCUT2D eigenvalue weighted by Gasteiger charge is 2.47. The average Bonchev–Trinajstić information content (AvgIpc) is 3.68. The molecule has 0 unspecified atom stereocenters. The van der Waals surface area contributed by atoms with Gasteiger partial charge >= 0.3 is 0 Å². The molecule has 1 aromatic carbocycles. The molecule has 2 aliphatic carbocycles. The van der Waals surface area contributed by atoms with E-state index >= 15 is 0 Å². The molecule has 0 bridgehead atoms. The Morgan fingerprint density at radius 2 is 2.06 bits per heavy atom. The van der Waals surface area contributed by atoms with Crippen molar-refractivity contribution in [2.24, 2.45) is 11.3 Å². The lowest BCUT2D eigenvalue weighted by Crippen LogP contribution is -2.36. The molecule has 1 aliphatic heterocycles. The molecule has 1 amide bonds. The average molecular weight is 424 g/mol. The molecule has 0 radical (unpaired) electrons. The zero-order chi connectivity index (χ0) is 21.6. The van der Waals surface area contributed by atoms with E-state index in [1.807, 2.05) is 0 Å². The van der Waals surface area contributed by atoms with Gasteiger partial charge in [-0.1, -0.05) is 17.1 Å². The van der Waals surface area contributed by atoms with Gasteiger partial charge < -0.3 is 14.4 Å². The van der Waals surface area contributed by atoms with E-state index in [-0.39, 0.29) is 29.1 Å². The zero-order valence-electron chi connectivity index (χ0n) is 17.7. The Kier molecular flexibility index (Phi) is 5.03. The number of carbonyl (C=O) groups excluding carboxylic acids is 1. The maximum atomic E-state index is 14.3. The minimum Gasteiger partial charge on any atom is -0.350 e. The van der Waals surface area contributed by atoms with Crippen molar-refractivity contribution in [3.63, 3.8) is 0 Å². The number of anilines is 1. The van der Waals surface area contributed by atoms with Gasteiger partial charge in [0.15, 0.2) is 12.0 Å². The van der Waals surface area contributed by atoms with Crippen molar-refractivity contribution >= 4 is 11.6 Å². The number of carbonyl (C=O) groups is 1. The highest BCUT2D eigenvalue weighted by Crippen LogP contribution is 2.48. The van der Waals surface area contributed by atoms with E-state index in [1.165, 1.54) is 11.0 Å². The molecule has 3 fully saturated rings. The van der Waals surface area contributed by atoms with Crippen LogP contribution in [0, 0.1) is 35.9 Å². The minimum atomic E-state index is -0.388. The summed E-state index contributed by atoms with van der Waals surface area (Å²) in [7, 11) is 1.64. The Morgan fingerprint density at radius 1 is 1.32 bits per heavy atom. The van der Waals surface area contributed by atoms with Gasteiger partial charge in [0.25, 0.3) is 5.91 Å². The SMILES string of the molecule is Cc1cc(F)c(C#CC2CC2)cc1N(C)C(=O)c1cn(CC2OCC3(CC3)CO2)nn1. The third-order valence-electron chi connectivity index (χ3n) is 6.14. The molecular formula is C23H25FN4O3. The van der Waals surface area contributed by atoms with Crippen LogP contribution < -0.4 is 4.90 Å². The van der Waals surface area contributed by atoms with Crippen LogP contribution in [0.5, 0.6) is 0 Å². The topological polar surface area (TPSA) is 69.5 Å². The first-order valence-electron chi connectivity index (χ1n) is 10.7. The van der Waals surface area contributed by atoms with E-state index in [1.54, 1.807) is 30.9 Å². The summed E-state index contributed by atoms with van der Waals surface area (Å²) in [5.74, 6) is 5.64. The molecule has 2 saturated carbocycles. The smallest absolute Gasteiger partial charge is 0.280 e. The van der Waals surface area contributed by atoms with Gasteiger partial charge in [0, 0.05) is 24.1 Å². The second-order valence-electron chi connectivity index (χ2n) is 8.90. The third kappa shape index (κ3) is 4.34. The molecule has 5 rings (SSSR count). The number of hydrogen-bond acceptors (Lipinski definition) is 5. The molecule has 31 heavy (non-hydrogen) atoms. The fourth-order valence-electron chi connectivity index (χ4n) is 3.65. The van der Waals surface area contributed by atoms with E-state index in [2.05, 4.69) is 22.2 Å². The van der Waals surface area contributed by atoms with Crippen molar-refractivity contribution in [2.75, 3.05) is 25.2 Å². The number of aromatic nitrogens is 3. The zero-order valence-corrected chi connectivity index (χ0v) is 17.7. The quantitative estimate of drug-likeness (QED) is 0.706. The maximum absolute atomic E-state index is 14.3. The summed E-state index contributed by atoms with van der Waals surface area (Å²) in [6.45, 7) is 3.55. The van der Waals surface area contributed by atoms with Gasteiger partial charge in [0.1, 0.15) is 5.82 Å². The molecule has 1 saturated heterocycles. The molecule has 0 N–H and O–H groups in total. The second-order valence-corrected chi connectivity index (χ2v) is 8.90. The van der Waals surface area contributed by atoms with E-state index in [4.69, 9.17) is 9.47 Å². The van der Waals surface area contributed by atoms with E-state index in [0.717, 1.165) is 25.7 Å². The summed E-state index contributed by atoms with van der Waals surface area (Å²) in [5.41, 5.74) is 1.98. The number of amides is 1. The van der Waals surface area contributed by atoms with Gasteiger partial charge in [-0.15, -0.1) is 5.10 Å². The summed E-state index contributed by atoms with van der Waals surface area (Å²) in [6, 6.07) is 3.04. The fraction of sp³-hybridized carbons (Fsp3) is 0.522. The molecule has 2 heterocycles. The molecule has 0 atom stereocenters. The van der Waals surface area contributed by atoms with Crippen LogP contribution in [-0.2, 0) is 16.0 Å². The predicted octanol–water partition coefficient (Wildman–Crippen LogP) is 2.92. The van der Waals surface area contributed by atoms with Crippen LogP contribution in [0.25, 0.3) is 0 Å². The van der Waals surface area contributed by atoms with Crippen LogP contribution >= 0.6 is 0 Å². The lowest BCUT2D eigenvalue weighted by Gasteiger charge is -2.29. The molecule has 8 heteroatoms. The van der Waals surface area contributed by atoms with Crippen LogP contribution in [-0.4, -0.2) is 47.5 Å². The molecule has 2 aromatic rings. The van der Waals surface area contributed by atoms with Crippen LogP contribution in [0.3, 0.4) is 0 Å². The number of nitrogens with zero attached hydrogens (tertiary/aromatic N) is 4. The summed E-state index contributed by atoms with van der Waals surface area (Å²) in [4.78, 5) is 14.4. The Bertz CT molecular complexity index is 1070. The fourth-order valence-corrected chi connectivity index (χ4v) is 3.65. The summed E-state index contributed by atoms with van der Waals surface area (Å²) in [6.07, 6.45) is 5.65. The molecule has 7 nitrogen and oxygen atoms in total. The van der Waals surface area contributed by atoms with Crippen LogP contribution in [0.4, 0.5) is 10.1 Å². The van der Waals surface area contributed by atoms with Crippen LogP contribution in [0.15, 0.2) is 18.3 Å². The Morgan fingerprint density at radius 3 is 2.74 bits per heavy atom. The first-order chi connectivity index (χ1) is 14.9. The summed E-state index contributed by atoms with van der Waals surface area (Å²) in [5, 5.41) is 8.06. The summed E-state index contributed by atoms with van der Waals surface area (Å²) >= 11 is 0. The van der Waals surface area contributed by atoms with Crippen LogP contribution in [0.2, 0.25) is 0 Å². The number of benzene rings is 1. The normalized spacial score (nSPS) is 19.7. The van der Waals surface area contributed by atoms with E-state index in [9.17, 15) is 9.18 Å². The largest absolute Gasteiger partial charge is 0.350 e. The molecule has 162 valence electrons. The molecule has 3 aliphatic rings. The Balaban J connectivity index is 1.28. The maximum Gasteiger partial charge on any atom is 0.280 e. The number of ether oxygens (including phenoxy) is 2. The lowest BCUT2D eigenvalue weighted by molar-refractivity contribution is -0.213. The van der Waals surface area contributed by atoms with Crippen molar-refractivity contribution in [3.05, 3.63) is 41.0 Å². The first kappa shape index (κ1) is 20.2. The van der Waals surface area contributed by atoms with Gasteiger partial charge in [-0.05, 0) is 50.3 Å². The molecular weight excluding hydrogens is 399 g/mol. The van der Waals surface area contributed by atoms with Crippen molar-refractivity contribution < 1.29 is 18.7 Å². The number of aryl methyl sites for hydroxylation is 1. The van der Waals surface area contributed by atoms with Gasteiger partial charge in [-0.2, -0.15) is 0 Å². The van der Waals surface area contributed by atoms with Crippen molar-refractivity contribution in [2.45, 2.75) is 45.4 Å². The monoisotopic (exact) mass is 424 g/mol. The standard InChI is InChI=1S/C23H25FN4O3/c1-15-9-18(24)17(6-5-16-3-4-16)10-20(15)27(2)22(29)19-11-28(26-25-19)12-21-30-13-23(7-8-23)14-31-21/h9-11,16,21H,3-4,7-8,12-14H2,1-2H3. The van der Waals surface area contributed by atoms with Gasteiger partial charge in [0.2, 0.25) is 0 Å². The van der Waals surface area contributed by atoms with Crippen LogP contribution in [0.1, 0.15) is 47.3 Å². The second kappa shape index (κ2) is 7.74. The highest BCUT2D eigenvalue weighted by molar-refractivity contribution is 6.04. The molecule has 1 spiro atoms. The van der Waals surface area contributed by atoms with Gasteiger partial charge in [-0.25, -0.2) is 9.07 Å². The molecule has 1 aromatic heterocycles. The van der Waals surface area contributed by atoms with E-state index in [0.29, 0.717) is 42.5 Å². The van der Waals surface area contributed by atoms with Gasteiger partial charge in [-0.3, -0.25) is 4.79 Å². The third-order valence-corrected chi connectivity index (χ3v) is 6.14. The first-order valence-corrected chi connectivity index (χ1v) is 10.7. The number of halogens is 1. The Labute approximate surface area is 180 Å². The minimum absolute atomic E-state index is 0.200. The summed E-state index contributed by atoms with van der Waals surface area (Å²) < 4.78 is 27.4. The Hall–Kier alpha value is -2.76. The van der Waals surface area contributed by atoms with E-state index < -0.39 is 0 Å². The van der Waals surface area contributed by atoms with Gasteiger partial charge in [0.05, 0.1) is 31.5 Å². The van der Waals surface area contributed by atoms with Crippen molar-refractivity contribution in [1.29, 1.82) is 0 Å². The van der Waals surface area contributed by atoms with Crippen molar-refractivity contribution in [1.82, 2.24) is 15.0 Å². The lowest BCUT2D eigenvalue weighted by atomic mass is 10.1. The number of rotatable bonds is 4. The van der Waals surface area contributed by atoms with Crippen molar-refractivity contribution in [3.8, 4) is 11.8 Å². The predicted molar refractivity (Wildman–Crippen MR) is 111 cm³/mol. The number of hydrogen-bond donors (Lipinski definition) is 0.